The van der Waals surface area contributed by atoms with Crippen LogP contribution in [0.25, 0.3) is 22.3 Å². The monoisotopic (exact) mass is 394 g/mol. The van der Waals surface area contributed by atoms with Crippen molar-refractivity contribution < 1.29 is 9.84 Å². The summed E-state index contributed by atoms with van der Waals surface area (Å²) in [6.07, 6.45) is 5.73. The van der Waals surface area contributed by atoms with Gasteiger partial charge in [-0.15, -0.1) is 0 Å². The molecule has 0 amide bonds. The average Bonchev–Trinajstić information content (AvgIpc) is 3.33. The predicted molar refractivity (Wildman–Crippen MR) is 112 cm³/mol. The first-order valence-electron chi connectivity index (χ1n) is 10.3. The summed E-state index contributed by atoms with van der Waals surface area (Å²) in [5.41, 5.74) is 3.71. The molecule has 2 aliphatic rings. The number of anilines is 2. The molecular weight excluding hydrogens is 368 g/mol. The van der Waals surface area contributed by atoms with Gasteiger partial charge in [-0.2, -0.15) is 5.10 Å². The zero-order valence-corrected chi connectivity index (χ0v) is 16.4. The number of hydrogen-bond acceptors (Lipinski definition) is 7. The van der Waals surface area contributed by atoms with Crippen LogP contribution in [0.4, 0.5) is 11.5 Å². The molecule has 1 atom stereocenters. The number of rotatable bonds is 4. The molecule has 3 aromatic rings. The van der Waals surface area contributed by atoms with E-state index in [4.69, 9.17) is 9.72 Å². The molecule has 0 aromatic carbocycles. The number of piperidine rings is 1. The van der Waals surface area contributed by atoms with Crippen molar-refractivity contribution in [1.82, 2.24) is 20.2 Å². The Bertz CT molecular complexity index is 971. The number of nitrogens with one attached hydrogen (secondary N) is 1. The van der Waals surface area contributed by atoms with E-state index < -0.39 is 0 Å². The van der Waals surface area contributed by atoms with Gasteiger partial charge in [0.1, 0.15) is 17.0 Å². The molecule has 0 radical (unpaired) electrons. The van der Waals surface area contributed by atoms with E-state index in [1.54, 1.807) is 6.20 Å². The Kier molecular flexibility index (Phi) is 5.03. The van der Waals surface area contributed by atoms with E-state index in [0.717, 1.165) is 72.8 Å². The molecule has 0 saturated carbocycles. The number of aromatic amines is 1. The van der Waals surface area contributed by atoms with Crippen molar-refractivity contribution in [2.24, 2.45) is 5.92 Å². The van der Waals surface area contributed by atoms with Gasteiger partial charge in [0.2, 0.25) is 0 Å². The third kappa shape index (κ3) is 3.54. The van der Waals surface area contributed by atoms with Crippen LogP contribution in [0.2, 0.25) is 0 Å². The van der Waals surface area contributed by atoms with Gasteiger partial charge in [-0.3, -0.25) is 10.1 Å². The molecule has 3 aromatic heterocycles. The smallest absolute Gasteiger partial charge is 0.131 e. The Morgan fingerprint density at radius 1 is 1.14 bits per heavy atom. The second kappa shape index (κ2) is 7.96. The molecule has 8 nitrogen and oxygen atoms in total. The standard InChI is InChI=1S/C21H26N6O2/c28-14-15-2-1-7-27(13-15)18-12-19(26-8-10-29-11-9-26)24-20-16(18)3-5-22-21(20)17-4-6-23-25-17/h3-6,12,15,28H,1-2,7-11,13-14H2,(H,23,25). The van der Waals surface area contributed by atoms with E-state index >= 15 is 0 Å². The third-order valence-corrected chi connectivity index (χ3v) is 5.90. The van der Waals surface area contributed by atoms with Gasteiger partial charge in [-0.25, -0.2) is 4.98 Å². The minimum absolute atomic E-state index is 0.233. The van der Waals surface area contributed by atoms with Crippen LogP contribution >= 0.6 is 0 Å². The molecule has 5 rings (SSSR count). The summed E-state index contributed by atoms with van der Waals surface area (Å²) in [6.45, 7) is 5.17. The summed E-state index contributed by atoms with van der Waals surface area (Å²) in [7, 11) is 0. The van der Waals surface area contributed by atoms with Crippen LogP contribution in [0.3, 0.4) is 0 Å². The molecule has 2 saturated heterocycles. The Balaban J connectivity index is 1.66. The van der Waals surface area contributed by atoms with Crippen molar-refractivity contribution in [2.45, 2.75) is 12.8 Å². The average molecular weight is 394 g/mol. The Morgan fingerprint density at radius 2 is 2.03 bits per heavy atom. The molecule has 152 valence electrons. The highest BCUT2D eigenvalue weighted by atomic mass is 16.5. The largest absolute Gasteiger partial charge is 0.396 e. The predicted octanol–water partition coefficient (Wildman–Crippen LogP) is 2.07. The van der Waals surface area contributed by atoms with E-state index in [1.807, 2.05) is 18.3 Å². The van der Waals surface area contributed by atoms with Crippen molar-refractivity contribution in [3.8, 4) is 11.4 Å². The molecule has 2 N–H and O–H groups in total. The van der Waals surface area contributed by atoms with Gasteiger partial charge in [-0.1, -0.05) is 0 Å². The summed E-state index contributed by atoms with van der Waals surface area (Å²) in [5, 5.41) is 17.9. The minimum atomic E-state index is 0.233. The SMILES string of the molecule is OCC1CCCN(c2cc(N3CCOCC3)nc3c(-c4ccn[nH]4)nccc23)C1. The lowest BCUT2D eigenvalue weighted by Gasteiger charge is -2.35. The van der Waals surface area contributed by atoms with Crippen LogP contribution in [0, 0.1) is 5.92 Å². The third-order valence-electron chi connectivity index (χ3n) is 5.90. The molecule has 5 heterocycles. The molecule has 2 aliphatic heterocycles. The number of morpholine rings is 1. The molecular formula is C21H26N6O2. The van der Waals surface area contributed by atoms with Gasteiger partial charge in [0.25, 0.3) is 0 Å². The number of aromatic nitrogens is 4. The summed E-state index contributed by atoms with van der Waals surface area (Å²) in [5.74, 6) is 1.27. The fraction of sp³-hybridized carbons (Fsp3) is 0.476. The highest BCUT2D eigenvalue weighted by molar-refractivity contribution is 6.00. The summed E-state index contributed by atoms with van der Waals surface area (Å²) >= 11 is 0. The summed E-state index contributed by atoms with van der Waals surface area (Å²) < 4.78 is 5.53. The van der Waals surface area contributed by atoms with Crippen molar-refractivity contribution in [2.75, 3.05) is 55.8 Å². The van der Waals surface area contributed by atoms with Crippen LogP contribution in [-0.2, 0) is 4.74 Å². The van der Waals surface area contributed by atoms with Crippen LogP contribution in [0.15, 0.2) is 30.6 Å². The van der Waals surface area contributed by atoms with Gasteiger partial charge in [-0.05, 0) is 30.9 Å². The fourth-order valence-electron chi connectivity index (χ4n) is 4.35. The molecule has 0 aliphatic carbocycles. The van der Waals surface area contributed by atoms with E-state index in [2.05, 4.69) is 31.0 Å². The van der Waals surface area contributed by atoms with Crippen molar-refractivity contribution >= 4 is 22.4 Å². The second-order valence-corrected chi connectivity index (χ2v) is 7.76. The molecule has 1 unspecified atom stereocenters. The number of ether oxygens (including phenoxy) is 1. The first-order chi connectivity index (χ1) is 14.3. The van der Waals surface area contributed by atoms with Gasteiger partial charge in [0.05, 0.1) is 18.9 Å². The van der Waals surface area contributed by atoms with Gasteiger partial charge in [0, 0.05) is 62.3 Å². The van der Waals surface area contributed by atoms with Crippen LogP contribution in [0.1, 0.15) is 12.8 Å². The second-order valence-electron chi connectivity index (χ2n) is 7.76. The fourth-order valence-corrected chi connectivity index (χ4v) is 4.35. The number of aliphatic hydroxyl groups excluding tert-OH is 1. The van der Waals surface area contributed by atoms with Gasteiger partial charge >= 0.3 is 0 Å². The minimum Gasteiger partial charge on any atom is -0.396 e. The molecule has 8 heteroatoms. The van der Waals surface area contributed by atoms with Crippen LogP contribution in [-0.4, -0.2) is 71.3 Å². The van der Waals surface area contributed by atoms with E-state index in [0.29, 0.717) is 19.1 Å². The van der Waals surface area contributed by atoms with Crippen LogP contribution < -0.4 is 9.80 Å². The van der Waals surface area contributed by atoms with Crippen molar-refractivity contribution in [3.05, 3.63) is 30.6 Å². The topological polar surface area (TPSA) is 90.4 Å². The highest BCUT2D eigenvalue weighted by Crippen LogP contribution is 2.36. The van der Waals surface area contributed by atoms with Gasteiger partial charge in [0.15, 0.2) is 0 Å². The first-order valence-corrected chi connectivity index (χ1v) is 10.3. The lowest BCUT2D eigenvalue weighted by Crippen LogP contribution is -2.38. The Hall–Kier alpha value is -2.71. The summed E-state index contributed by atoms with van der Waals surface area (Å²) in [6, 6.07) is 6.17. The maximum atomic E-state index is 9.71. The number of aliphatic hydroxyl groups is 1. The number of pyridine rings is 2. The van der Waals surface area contributed by atoms with Crippen LogP contribution in [0.5, 0.6) is 0 Å². The normalized spacial score (nSPS) is 20.4. The number of nitrogens with zero attached hydrogens (tertiary/aromatic N) is 5. The molecule has 0 bridgehead atoms. The maximum Gasteiger partial charge on any atom is 0.131 e. The zero-order valence-electron chi connectivity index (χ0n) is 16.4. The molecule has 0 spiro atoms. The van der Waals surface area contributed by atoms with Crippen molar-refractivity contribution in [3.63, 3.8) is 0 Å². The number of fused-ring (bicyclic) bond motifs is 1. The highest BCUT2D eigenvalue weighted by Gasteiger charge is 2.24. The number of H-pyrrole nitrogens is 1. The van der Waals surface area contributed by atoms with Crippen molar-refractivity contribution in [1.29, 1.82) is 0 Å². The number of hydrogen-bond donors (Lipinski definition) is 2. The van der Waals surface area contributed by atoms with Gasteiger partial charge < -0.3 is 19.6 Å². The Labute approximate surface area is 169 Å². The molecule has 29 heavy (non-hydrogen) atoms. The lowest BCUT2D eigenvalue weighted by molar-refractivity contribution is 0.122. The van der Waals surface area contributed by atoms with E-state index in [9.17, 15) is 5.11 Å². The first kappa shape index (κ1) is 18.3. The quantitative estimate of drug-likeness (QED) is 0.700. The lowest BCUT2D eigenvalue weighted by atomic mass is 9.98. The van der Waals surface area contributed by atoms with E-state index in [1.165, 1.54) is 0 Å². The zero-order chi connectivity index (χ0) is 19.6. The maximum absolute atomic E-state index is 9.71. The van der Waals surface area contributed by atoms with E-state index in [-0.39, 0.29) is 6.61 Å². The Morgan fingerprint density at radius 3 is 2.83 bits per heavy atom. The summed E-state index contributed by atoms with van der Waals surface area (Å²) in [4.78, 5) is 14.3. The molecule has 2 fully saturated rings.